The lowest BCUT2D eigenvalue weighted by atomic mass is 9.94. The van der Waals surface area contributed by atoms with Crippen LogP contribution in [0.2, 0.25) is 0 Å². The highest BCUT2D eigenvalue weighted by Crippen LogP contribution is 2.39. The number of rotatable bonds is 6. The summed E-state index contributed by atoms with van der Waals surface area (Å²) in [7, 11) is 1.55. The molecule has 1 aliphatic heterocycles. The molecule has 2 aromatic heterocycles. The van der Waals surface area contributed by atoms with Crippen LogP contribution in [0.1, 0.15) is 33.1 Å². The summed E-state index contributed by atoms with van der Waals surface area (Å²) >= 11 is 0. The Morgan fingerprint density at radius 1 is 1.06 bits per heavy atom. The van der Waals surface area contributed by atoms with E-state index in [9.17, 15) is 19.5 Å². The van der Waals surface area contributed by atoms with Crippen LogP contribution in [0.15, 0.2) is 84.8 Å². The van der Waals surface area contributed by atoms with Gasteiger partial charge in [-0.2, -0.15) is 0 Å². The van der Waals surface area contributed by atoms with Crippen LogP contribution < -0.4 is 5.32 Å². The first-order chi connectivity index (χ1) is 17.5. The van der Waals surface area contributed by atoms with Crippen LogP contribution in [-0.2, 0) is 16.0 Å². The molecule has 0 spiro atoms. The molecule has 180 valence electrons. The summed E-state index contributed by atoms with van der Waals surface area (Å²) in [6.07, 6.45) is 5.42. The minimum Gasteiger partial charge on any atom is -0.507 e. The molecule has 36 heavy (non-hydrogen) atoms. The molecule has 3 N–H and O–H groups in total. The summed E-state index contributed by atoms with van der Waals surface area (Å²) in [5.74, 6) is -1.96. The SMILES string of the molecule is CNC(=O)c1ccc(C2C(=C(O)c3cccnc3)C(=O)C(=O)N2CCc2c[nH]c3ccccc23)cc1. The second-order valence-electron chi connectivity index (χ2n) is 8.54. The number of nitrogens with one attached hydrogen (secondary N) is 2. The fourth-order valence-corrected chi connectivity index (χ4v) is 4.66. The number of aromatic nitrogens is 2. The number of ketones is 1. The Bertz CT molecular complexity index is 1490. The maximum atomic E-state index is 13.2. The van der Waals surface area contributed by atoms with Gasteiger partial charge in [0.05, 0.1) is 11.6 Å². The van der Waals surface area contributed by atoms with Crippen molar-refractivity contribution in [2.45, 2.75) is 12.5 Å². The molecular formula is C28H24N4O4. The van der Waals surface area contributed by atoms with Gasteiger partial charge >= 0.3 is 0 Å². The third kappa shape index (κ3) is 4.02. The van der Waals surface area contributed by atoms with Gasteiger partial charge in [0, 0.05) is 54.2 Å². The normalized spacial score (nSPS) is 17.0. The average Bonchev–Trinajstić information content (AvgIpc) is 3.45. The van der Waals surface area contributed by atoms with Crippen molar-refractivity contribution in [3.63, 3.8) is 0 Å². The molecule has 1 atom stereocenters. The van der Waals surface area contributed by atoms with Gasteiger partial charge in [0.25, 0.3) is 17.6 Å². The van der Waals surface area contributed by atoms with E-state index in [1.807, 2.05) is 30.5 Å². The van der Waals surface area contributed by atoms with Gasteiger partial charge in [0.1, 0.15) is 5.76 Å². The standard InChI is InChI=1S/C28H24N4O4/c1-29-27(35)18-10-8-17(9-11-18)24-23(25(33)20-5-4-13-30-15-20)26(34)28(36)32(24)14-12-19-16-31-22-7-3-2-6-21(19)22/h2-11,13,15-16,24,31,33H,12,14H2,1H3,(H,29,35). The number of nitrogens with zero attached hydrogens (tertiary/aromatic N) is 2. The lowest BCUT2D eigenvalue weighted by molar-refractivity contribution is -0.139. The number of carbonyl (C=O) groups excluding carboxylic acids is 3. The number of carbonyl (C=O) groups is 3. The van der Waals surface area contributed by atoms with E-state index >= 15 is 0 Å². The van der Waals surface area contributed by atoms with Crippen LogP contribution in [0.25, 0.3) is 16.7 Å². The number of para-hydroxylation sites is 1. The number of hydrogen-bond acceptors (Lipinski definition) is 5. The Hall–Kier alpha value is -4.72. The largest absolute Gasteiger partial charge is 0.507 e. The van der Waals surface area contributed by atoms with E-state index < -0.39 is 17.7 Å². The van der Waals surface area contributed by atoms with Crippen molar-refractivity contribution in [1.82, 2.24) is 20.2 Å². The molecule has 2 aromatic carbocycles. The topological polar surface area (TPSA) is 115 Å². The third-order valence-corrected chi connectivity index (χ3v) is 6.49. The highest BCUT2D eigenvalue weighted by atomic mass is 16.3. The van der Waals surface area contributed by atoms with E-state index in [0.29, 0.717) is 23.1 Å². The van der Waals surface area contributed by atoms with Crippen molar-refractivity contribution in [3.05, 3.63) is 107 Å². The molecule has 1 unspecified atom stereocenters. The number of pyridine rings is 1. The van der Waals surface area contributed by atoms with Crippen LogP contribution >= 0.6 is 0 Å². The van der Waals surface area contributed by atoms with Gasteiger partial charge in [-0.05, 0) is 47.9 Å². The van der Waals surface area contributed by atoms with Crippen molar-refractivity contribution >= 4 is 34.3 Å². The Labute approximate surface area is 207 Å². The summed E-state index contributed by atoms with van der Waals surface area (Å²) < 4.78 is 0. The Kier molecular flexibility index (Phi) is 6.08. The van der Waals surface area contributed by atoms with Gasteiger partial charge in [0.2, 0.25) is 0 Å². The number of aromatic amines is 1. The number of amides is 2. The van der Waals surface area contributed by atoms with Gasteiger partial charge < -0.3 is 20.3 Å². The van der Waals surface area contributed by atoms with E-state index in [2.05, 4.69) is 15.3 Å². The van der Waals surface area contributed by atoms with Gasteiger partial charge in [0.15, 0.2) is 0 Å². The summed E-state index contributed by atoms with van der Waals surface area (Å²) in [4.78, 5) is 47.2. The third-order valence-electron chi connectivity index (χ3n) is 6.49. The van der Waals surface area contributed by atoms with Crippen LogP contribution in [0, 0.1) is 0 Å². The molecule has 0 radical (unpaired) electrons. The van der Waals surface area contributed by atoms with Gasteiger partial charge in [-0.1, -0.05) is 30.3 Å². The lowest BCUT2D eigenvalue weighted by Gasteiger charge is -2.25. The minimum absolute atomic E-state index is 0.000352. The molecular weight excluding hydrogens is 456 g/mol. The van der Waals surface area contributed by atoms with Crippen LogP contribution in [0.3, 0.4) is 0 Å². The molecule has 1 fully saturated rings. The van der Waals surface area contributed by atoms with E-state index in [4.69, 9.17) is 0 Å². The second-order valence-corrected chi connectivity index (χ2v) is 8.54. The fraction of sp³-hybridized carbons (Fsp3) is 0.143. The zero-order valence-electron chi connectivity index (χ0n) is 19.6. The quantitative estimate of drug-likeness (QED) is 0.222. The molecule has 1 saturated heterocycles. The summed E-state index contributed by atoms with van der Waals surface area (Å²) in [5, 5.41) is 14.7. The first-order valence-electron chi connectivity index (χ1n) is 11.6. The summed E-state index contributed by atoms with van der Waals surface area (Å²) in [5.41, 5.74) is 3.43. The zero-order valence-corrected chi connectivity index (χ0v) is 19.6. The monoisotopic (exact) mass is 480 g/mol. The second kappa shape index (κ2) is 9.50. The lowest BCUT2D eigenvalue weighted by Crippen LogP contribution is -2.31. The number of H-pyrrole nitrogens is 1. The van der Waals surface area contributed by atoms with E-state index in [-0.39, 0.29) is 23.8 Å². The predicted molar refractivity (Wildman–Crippen MR) is 135 cm³/mol. The van der Waals surface area contributed by atoms with Gasteiger partial charge in [-0.3, -0.25) is 19.4 Å². The maximum Gasteiger partial charge on any atom is 0.295 e. The molecule has 2 amide bonds. The minimum atomic E-state index is -0.811. The smallest absolute Gasteiger partial charge is 0.295 e. The number of aliphatic hydroxyl groups excluding tert-OH is 1. The highest BCUT2D eigenvalue weighted by Gasteiger charge is 2.45. The van der Waals surface area contributed by atoms with Crippen molar-refractivity contribution in [3.8, 4) is 0 Å². The fourth-order valence-electron chi connectivity index (χ4n) is 4.66. The molecule has 4 aromatic rings. The van der Waals surface area contributed by atoms with E-state index in [1.165, 1.54) is 11.1 Å². The Morgan fingerprint density at radius 2 is 1.83 bits per heavy atom. The van der Waals surface area contributed by atoms with Crippen molar-refractivity contribution < 1.29 is 19.5 Å². The van der Waals surface area contributed by atoms with Crippen molar-refractivity contribution in [2.24, 2.45) is 0 Å². The number of likely N-dealkylation sites (tertiary alicyclic amines) is 1. The van der Waals surface area contributed by atoms with E-state index in [1.54, 1.807) is 49.6 Å². The maximum absolute atomic E-state index is 13.2. The highest BCUT2D eigenvalue weighted by molar-refractivity contribution is 6.46. The number of aliphatic hydroxyl groups is 1. The molecule has 3 heterocycles. The van der Waals surface area contributed by atoms with Gasteiger partial charge in [-0.25, -0.2) is 0 Å². The summed E-state index contributed by atoms with van der Waals surface area (Å²) in [6, 6.07) is 17.0. The molecule has 0 aliphatic carbocycles. The Morgan fingerprint density at radius 3 is 2.56 bits per heavy atom. The van der Waals surface area contributed by atoms with Crippen LogP contribution in [0.4, 0.5) is 0 Å². The number of hydrogen-bond donors (Lipinski definition) is 3. The molecule has 8 nitrogen and oxygen atoms in total. The van der Waals surface area contributed by atoms with Crippen molar-refractivity contribution in [2.75, 3.05) is 13.6 Å². The molecule has 0 bridgehead atoms. The first-order valence-corrected chi connectivity index (χ1v) is 11.6. The number of fused-ring (bicyclic) bond motifs is 1. The van der Waals surface area contributed by atoms with E-state index in [0.717, 1.165) is 16.5 Å². The van der Waals surface area contributed by atoms with Gasteiger partial charge in [-0.15, -0.1) is 0 Å². The van der Waals surface area contributed by atoms with Crippen LogP contribution in [-0.4, -0.2) is 51.2 Å². The first kappa shape index (κ1) is 23.0. The number of Topliss-reactive ketones (excluding diaryl/α,β-unsaturated/α-hetero) is 1. The molecule has 5 rings (SSSR count). The molecule has 8 heteroatoms. The number of benzene rings is 2. The molecule has 0 saturated carbocycles. The molecule has 1 aliphatic rings. The zero-order chi connectivity index (χ0) is 25.2. The van der Waals surface area contributed by atoms with Crippen molar-refractivity contribution in [1.29, 1.82) is 0 Å². The predicted octanol–water partition coefficient (Wildman–Crippen LogP) is 3.59. The Balaban J connectivity index is 1.56. The van der Waals surface area contributed by atoms with Crippen LogP contribution in [0.5, 0.6) is 0 Å². The average molecular weight is 481 g/mol. The summed E-state index contributed by atoms with van der Waals surface area (Å²) in [6.45, 7) is 0.262.